The molecule has 1 fully saturated rings. The number of nitrogens with one attached hydrogen (secondary N) is 1. The van der Waals surface area contributed by atoms with Crippen molar-refractivity contribution in [2.45, 2.75) is 57.4 Å². The molecule has 1 nitrogen and oxygen atoms in total. The molecule has 0 aromatic heterocycles. The summed E-state index contributed by atoms with van der Waals surface area (Å²) in [5.41, 5.74) is 1.32. The van der Waals surface area contributed by atoms with Crippen LogP contribution in [0.1, 0.15) is 56.9 Å². The Bertz CT molecular complexity index is 360. The molecule has 0 aliphatic heterocycles. The largest absolute Gasteiger partial charge is 0.313 e. The standard InChI is InChI=1S/C16H24ClN/c1-2-3-4-7-13(12-18-14-10-11-14)15-8-5-6-9-16(15)17/h5-6,8-9,13-14,18H,2-4,7,10-12H2,1H3. The van der Waals surface area contributed by atoms with E-state index in [4.69, 9.17) is 11.6 Å². The highest BCUT2D eigenvalue weighted by atomic mass is 35.5. The summed E-state index contributed by atoms with van der Waals surface area (Å²) in [4.78, 5) is 0. The maximum Gasteiger partial charge on any atom is 0.0441 e. The lowest BCUT2D eigenvalue weighted by Gasteiger charge is -2.19. The van der Waals surface area contributed by atoms with E-state index in [9.17, 15) is 0 Å². The number of rotatable bonds is 8. The molecule has 1 aliphatic carbocycles. The first-order chi connectivity index (χ1) is 8.81. The van der Waals surface area contributed by atoms with Crippen LogP contribution in [-0.2, 0) is 0 Å². The third kappa shape index (κ3) is 4.29. The Labute approximate surface area is 116 Å². The fourth-order valence-corrected chi connectivity index (χ4v) is 2.70. The van der Waals surface area contributed by atoms with Crippen molar-refractivity contribution >= 4 is 11.6 Å². The van der Waals surface area contributed by atoms with E-state index in [1.807, 2.05) is 12.1 Å². The molecule has 1 saturated carbocycles. The predicted molar refractivity (Wildman–Crippen MR) is 79.4 cm³/mol. The van der Waals surface area contributed by atoms with Crippen molar-refractivity contribution in [3.63, 3.8) is 0 Å². The minimum Gasteiger partial charge on any atom is -0.313 e. The first kappa shape index (κ1) is 13.9. The first-order valence-corrected chi connectivity index (χ1v) is 7.67. The van der Waals surface area contributed by atoms with E-state index in [-0.39, 0.29) is 0 Å². The minimum absolute atomic E-state index is 0.575. The fourth-order valence-electron chi connectivity index (χ4n) is 2.41. The van der Waals surface area contributed by atoms with Gasteiger partial charge in [-0.1, -0.05) is 56.0 Å². The van der Waals surface area contributed by atoms with Gasteiger partial charge in [-0.05, 0) is 36.8 Å². The maximum atomic E-state index is 6.33. The Morgan fingerprint density at radius 2 is 2.06 bits per heavy atom. The third-order valence-corrected chi connectivity index (χ3v) is 4.08. The van der Waals surface area contributed by atoms with E-state index in [0.717, 1.165) is 17.6 Å². The average Bonchev–Trinajstić information content (AvgIpc) is 3.19. The Kier molecular flexibility index (Phi) is 5.52. The summed E-state index contributed by atoms with van der Waals surface area (Å²) in [6.45, 7) is 3.34. The Morgan fingerprint density at radius 3 is 2.72 bits per heavy atom. The van der Waals surface area contributed by atoms with Gasteiger partial charge in [-0.2, -0.15) is 0 Å². The third-order valence-electron chi connectivity index (χ3n) is 3.73. The van der Waals surface area contributed by atoms with Gasteiger partial charge in [-0.3, -0.25) is 0 Å². The summed E-state index contributed by atoms with van der Waals surface area (Å²) in [7, 11) is 0. The van der Waals surface area contributed by atoms with Gasteiger partial charge in [0, 0.05) is 17.6 Å². The molecule has 2 rings (SSSR count). The summed E-state index contributed by atoms with van der Waals surface area (Å²) in [5, 5.41) is 4.58. The Hall–Kier alpha value is -0.530. The van der Waals surface area contributed by atoms with E-state index in [2.05, 4.69) is 24.4 Å². The lowest BCUT2D eigenvalue weighted by molar-refractivity contribution is 0.518. The fraction of sp³-hybridized carbons (Fsp3) is 0.625. The number of halogens is 1. The number of unbranched alkanes of at least 4 members (excludes halogenated alkanes) is 2. The van der Waals surface area contributed by atoms with Crippen molar-refractivity contribution in [3.05, 3.63) is 34.9 Å². The van der Waals surface area contributed by atoms with Gasteiger partial charge in [-0.15, -0.1) is 0 Å². The summed E-state index contributed by atoms with van der Waals surface area (Å²) in [5.74, 6) is 0.575. The molecule has 1 aromatic carbocycles. The lowest BCUT2D eigenvalue weighted by Crippen LogP contribution is -2.23. The van der Waals surface area contributed by atoms with Crippen LogP contribution in [0.4, 0.5) is 0 Å². The average molecular weight is 266 g/mol. The lowest BCUT2D eigenvalue weighted by atomic mass is 9.93. The van der Waals surface area contributed by atoms with Gasteiger partial charge in [0.25, 0.3) is 0 Å². The summed E-state index contributed by atoms with van der Waals surface area (Å²) < 4.78 is 0. The Morgan fingerprint density at radius 1 is 1.28 bits per heavy atom. The van der Waals surface area contributed by atoms with Crippen molar-refractivity contribution < 1.29 is 0 Å². The van der Waals surface area contributed by atoms with Gasteiger partial charge in [-0.25, -0.2) is 0 Å². The van der Waals surface area contributed by atoms with Crippen LogP contribution >= 0.6 is 11.6 Å². The molecule has 1 aliphatic rings. The smallest absolute Gasteiger partial charge is 0.0441 e. The predicted octanol–water partition coefficient (Wildman–Crippen LogP) is 4.76. The number of benzene rings is 1. The maximum absolute atomic E-state index is 6.33. The van der Waals surface area contributed by atoms with Crippen LogP contribution < -0.4 is 5.32 Å². The van der Waals surface area contributed by atoms with Crippen molar-refractivity contribution in [2.24, 2.45) is 0 Å². The van der Waals surface area contributed by atoms with Crippen molar-refractivity contribution in [3.8, 4) is 0 Å². The molecule has 0 spiro atoms. The van der Waals surface area contributed by atoms with Crippen LogP contribution in [0.3, 0.4) is 0 Å². The van der Waals surface area contributed by atoms with Crippen LogP contribution in [0.5, 0.6) is 0 Å². The Balaban J connectivity index is 1.95. The molecule has 0 bridgehead atoms. The van der Waals surface area contributed by atoms with E-state index in [1.165, 1.54) is 44.1 Å². The van der Waals surface area contributed by atoms with Crippen LogP contribution in [-0.4, -0.2) is 12.6 Å². The van der Waals surface area contributed by atoms with Crippen molar-refractivity contribution in [1.82, 2.24) is 5.32 Å². The molecule has 1 N–H and O–H groups in total. The second-order valence-corrected chi connectivity index (χ2v) is 5.80. The molecule has 0 saturated heterocycles. The van der Waals surface area contributed by atoms with Gasteiger partial charge < -0.3 is 5.32 Å². The van der Waals surface area contributed by atoms with E-state index in [1.54, 1.807) is 0 Å². The molecule has 0 amide bonds. The monoisotopic (exact) mass is 265 g/mol. The van der Waals surface area contributed by atoms with Gasteiger partial charge in [0.1, 0.15) is 0 Å². The van der Waals surface area contributed by atoms with Gasteiger partial charge in [0.2, 0.25) is 0 Å². The zero-order chi connectivity index (χ0) is 12.8. The minimum atomic E-state index is 0.575. The zero-order valence-electron chi connectivity index (χ0n) is 11.3. The van der Waals surface area contributed by atoms with Crippen molar-refractivity contribution in [2.75, 3.05) is 6.54 Å². The van der Waals surface area contributed by atoms with E-state index < -0.39 is 0 Å². The van der Waals surface area contributed by atoms with E-state index >= 15 is 0 Å². The van der Waals surface area contributed by atoms with Gasteiger partial charge >= 0.3 is 0 Å². The molecule has 0 heterocycles. The molecule has 1 atom stereocenters. The quantitative estimate of drug-likeness (QED) is 0.669. The molecule has 1 aromatic rings. The highest BCUT2D eigenvalue weighted by Crippen LogP contribution is 2.29. The summed E-state index contributed by atoms with van der Waals surface area (Å²) in [6.07, 6.45) is 7.86. The molecular weight excluding hydrogens is 242 g/mol. The normalized spacial score (nSPS) is 16.8. The second-order valence-electron chi connectivity index (χ2n) is 5.40. The SMILES string of the molecule is CCCCCC(CNC1CC1)c1ccccc1Cl. The molecule has 1 unspecified atom stereocenters. The number of hydrogen-bond donors (Lipinski definition) is 1. The van der Waals surface area contributed by atoms with Gasteiger partial charge in [0.15, 0.2) is 0 Å². The molecule has 18 heavy (non-hydrogen) atoms. The van der Waals surface area contributed by atoms with Crippen LogP contribution in [0.25, 0.3) is 0 Å². The summed E-state index contributed by atoms with van der Waals surface area (Å²) in [6, 6.07) is 9.10. The van der Waals surface area contributed by atoms with Crippen LogP contribution in [0.2, 0.25) is 5.02 Å². The van der Waals surface area contributed by atoms with Crippen molar-refractivity contribution in [1.29, 1.82) is 0 Å². The topological polar surface area (TPSA) is 12.0 Å². The van der Waals surface area contributed by atoms with Gasteiger partial charge in [0.05, 0.1) is 0 Å². The second kappa shape index (κ2) is 7.16. The highest BCUT2D eigenvalue weighted by molar-refractivity contribution is 6.31. The molecule has 2 heteroatoms. The number of hydrogen-bond acceptors (Lipinski definition) is 1. The molecular formula is C16H24ClN. The highest BCUT2D eigenvalue weighted by Gasteiger charge is 2.23. The van der Waals surface area contributed by atoms with Crippen LogP contribution in [0.15, 0.2) is 24.3 Å². The molecule has 100 valence electrons. The molecule has 0 radical (unpaired) electrons. The summed E-state index contributed by atoms with van der Waals surface area (Å²) >= 11 is 6.33. The van der Waals surface area contributed by atoms with Crippen LogP contribution in [0, 0.1) is 0 Å². The van der Waals surface area contributed by atoms with E-state index in [0.29, 0.717) is 5.92 Å². The zero-order valence-corrected chi connectivity index (χ0v) is 12.0. The first-order valence-electron chi connectivity index (χ1n) is 7.29.